The van der Waals surface area contributed by atoms with Gasteiger partial charge in [-0.2, -0.15) is 0 Å². The second-order valence-electron chi connectivity index (χ2n) is 8.59. The van der Waals surface area contributed by atoms with Crippen LogP contribution in [0.2, 0.25) is 0 Å². The molecule has 1 saturated carbocycles. The van der Waals surface area contributed by atoms with E-state index in [1.165, 1.54) is 0 Å². The Labute approximate surface area is 211 Å². The minimum Gasteiger partial charge on any atom is -0.480 e. The monoisotopic (exact) mass is 518 g/mol. The van der Waals surface area contributed by atoms with E-state index in [0.717, 1.165) is 12.8 Å². The Morgan fingerprint density at radius 1 is 0.861 bits per heavy atom. The summed E-state index contributed by atoms with van der Waals surface area (Å²) >= 11 is 0. The Hall–Kier alpha value is -2.32. The van der Waals surface area contributed by atoms with Crippen molar-refractivity contribution in [3.63, 3.8) is 0 Å². The Morgan fingerprint density at radius 3 is 2.08 bits per heavy atom. The molecule has 1 rings (SSSR count). The summed E-state index contributed by atoms with van der Waals surface area (Å²) in [6.07, 6.45) is 3.07. The number of hydrogen-bond acceptors (Lipinski definition) is 9. The molecule has 0 aromatic rings. The standard InChI is InChI=1S/C23H42N4O9/c24-15-17-1-3-18(4-2-17)22(31)27-19(23(32)33)5-6-20(29)25-7-11-35-13-14-36-16-21(30)26-8-10-34-12-9-28/h17-19,28H,1-16,24H2,(H,25,29)(H,26,30)(H,27,31)(H,32,33)/t17?,18?,19-/m0/s1. The Kier molecular flexibility index (Phi) is 17.5. The Bertz CT molecular complexity index is 657. The van der Waals surface area contributed by atoms with Crippen molar-refractivity contribution in [3.05, 3.63) is 0 Å². The van der Waals surface area contributed by atoms with Crippen molar-refractivity contribution in [2.75, 3.05) is 65.9 Å². The minimum absolute atomic E-state index is 0.00459. The van der Waals surface area contributed by atoms with Crippen LogP contribution in [0.4, 0.5) is 0 Å². The van der Waals surface area contributed by atoms with Crippen molar-refractivity contribution in [2.45, 2.75) is 44.6 Å². The third-order valence-corrected chi connectivity index (χ3v) is 5.80. The summed E-state index contributed by atoms with van der Waals surface area (Å²) in [5, 5.41) is 25.8. The van der Waals surface area contributed by atoms with Gasteiger partial charge in [0.15, 0.2) is 0 Å². The van der Waals surface area contributed by atoms with E-state index in [4.69, 9.17) is 25.1 Å². The van der Waals surface area contributed by atoms with E-state index >= 15 is 0 Å². The largest absolute Gasteiger partial charge is 0.480 e. The smallest absolute Gasteiger partial charge is 0.326 e. The predicted octanol–water partition coefficient (Wildman–Crippen LogP) is -1.62. The molecule has 13 heteroatoms. The van der Waals surface area contributed by atoms with Crippen LogP contribution in [0, 0.1) is 11.8 Å². The first-order chi connectivity index (χ1) is 17.4. The van der Waals surface area contributed by atoms with E-state index in [0.29, 0.717) is 38.5 Å². The molecule has 0 bridgehead atoms. The fraction of sp³-hybridized carbons (Fsp3) is 0.826. The van der Waals surface area contributed by atoms with E-state index in [1.807, 2.05) is 0 Å². The number of carboxylic acids is 1. The molecule has 0 aromatic carbocycles. The lowest BCUT2D eigenvalue weighted by atomic mass is 9.81. The SMILES string of the molecule is NCC1CCC(C(=O)N[C@@H](CCC(=O)NCCOCCOCC(=O)NCCOCCO)C(=O)O)CC1. The van der Waals surface area contributed by atoms with E-state index < -0.39 is 12.0 Å². The lowest BCUT2D eigenvalue weighted by Crippen LogP contribution is -2.45. The van der Waals surface area contributed by atoms with Crippen LogP contribution in [0.5, 0.6) is 0 Å². The number of carbonyl (C=O) groups excluding carboxylic acids is 3. The second kappa shape index (κ2) is 19.8. The summed E-state index contributed by atoms with van der Waals surface area (Å²) < 4.78 is 15.5. The molecule has 1 fully saturated rings. The molecule has 1 atom stereocenters. The van der Waals surface area contributed by atoms with Crippen LogP contribution in [0.3, 0.4) is 0 Å². The summed E-state index contributed by atoms with van der Waals surface area (Å²) in [5.74, 6) is -1.86. The zero-order valence-electron chi connectivity index (χ0n) is 20.9. The molecule has 3 amide bonds. The topological polar surface area (TPSA) is 199 Å². The van der Waals surface area contributed by atoms with Gasteiger partial charge in [-0.25, -0.2) is 4.79 Å². The number of hydrogen-bond donors (Lipinski definition) is 6. The van der Waals surface area contributed by atoms with E-state index in [-0.39, 0.29) is 82.7 Å². The number of amides is 3. The molecule has 1 aliphatic carbocycles. The number of nitrogens with two attached hydrogens (primary N) is 1. The Morgan fingerprint density at radius 2 is 1.47 bits per heavy atom. The fourth-order valence-electron chi connectivity index (χ4n) is 3.70. The normalized spacial score (nSPS) is 18.3. The first-order valence-electron chi connectivity index (χ1n) is 12.5. The molecule has 0 saturated heterocycles. The first kappa shape index (κ1) is 31.7. The van der Waals surface area contributed by atoms with Crippen molar-refractivity contribution in [2.24, 2.45) is 17.6 Å². The van der Waals surface area contributed by atoms with Gasteiger partial charge in [-0.1, -0.05) is 0 Å². The van der Waals surface area contributed by atoms with Crippen molar-refractivity contribution in [1.29, 1.82) is 0 Å². The van der Waals surface area contributed by atoms with Crippen LogP contribution in [0.15, 0.2) is 0 Å². The quantitative estimate of drug-likeness (QED) is 0.102. The van der Waals surface area contributed by atoms with Gasteiger partial charge in [0, 0.05) is 25.4 Å². The van der Waals surface area contributed by atoms with Crippen molar-refractivity contribution >= 4 is 23.7 Å². The van der Waals surface area contributed by atoms with Gasteiger partial charge in [0.2, 0.25) is 17.7 Å². The molecule has 0 radical (unpaired) electrons. The van der Waals surface area contributed by atoms with Crippen LogP contribution in [-0.2, 0) is 33.4 Å². The van der Waals surface area contributed by atoms with Gasteiger partial charge >= 0.3 is 5.97 Å². The first-order valence-corrected chi connectivity index (χ1v) is 12.5. The highest BCUT2D eigenvalue weighted by Gasteiger charge is 2.29. The lowest BCUT2D eigenvalue weighted by Gasteiger charge is -2.27. The number of aliphatic hydroxyl groups is 1. The van der Waals surface area contributed by atoms with Gasteiger partial charge in [0.1, 0.15) is 12.6 Å². The molecule has 1 aliphatic rings. The molecule has 0 heterocycles. The number of carboxylic acid groups (broad SMARTS) is 1. The van der Waals surface area contributed by atoms with Gasteiger partial charge in [-0.15, -0.1) is 0 Å². The van der Waals surface area contributed by atoms with Gasteiger partial charge in [0.05, 0.1) is 39.6 Å². The Balaban J connectivity index is 2.07. The number of rotatable bonds is 20. The van der Waals surface area contributed by atoms with Crippen molar-refractivity contribution in [3.8, 4) is 0 Å². The molecular formula is C23H42N4O9. The molecule has 0 aromatic heterocycles. The molecule has 0 unspecified atom stereocenters. The minimum atomic E-state index is -1.17. The maximum atomic E-state index is 12.4. The second-order valence-corrected chi connectivity index (χ2v) is 8.59. The number of nitrogens with one attached hydrogen (secondary N) is 3. The zero-order chi connectivity index (χ0) is 26.6. The highest BCUT2D eigenvalue weighted by Crippen LogP contribution is 2.28. The average molecular weight is 519 g/mol. The lowest BCUT2D eigenvalue weighted by molar-refractivity contribution is -0.143. The third-order valence-electron chi connectivity index (χ3n) is 5.80. The number of aliphatic hydroxyl groups excluding tert-OH is 1. The molecule has 36 heavy (non-hydrogen) atoms. The third kappa shape index (κ3) is 14.9. The summed E-state index contributed by atoms with van der Waals surface area (Å²) in [5.41, 5.74) is 5.67. The van der Waals surface area contributed by atoms with Gasteiger partial charge in [-0.05, 0) is 44.6 Å². The van der Waals surface area contributed by atoms with Crippen LogP contribution in [0.1, 0.15) is 38.5 Å². The maximum absolute atomic E-state index is 12.4. The van der Waals surface area contributed by atoms with Crippen molar-refractivity contribution < 1.29 is 43.6 Å². The van der Waals surface area contributed by atoms with Gasteiger partial charge < -0.3 is 46.1 Å². The molecule has 13 nitrogen and oxygen atoms in total. The summed E-state index contributed by atoms with van der Waals surface area (Å²) in [6.45, 7) is 2.19. The average Bonchev–Trinajstić information content (AvgIpc) is 2.87. The van der Waals surface area contributed by atoms with Crippen LogP contribution < -0.4 is 21.7 Å². The molecule has 208 valence electrons. The van der Waals surface area contributed by atoms with Gasteiger partial charge in [-0.3, -0.25) is 14.4 Å². The van der Waals surface area contributed by atoms with E-state index in [2.05, 4.69) is 16.0 Å². The molecule has 0 spiro atoms. The van der Waals surface area contributed by atoms with E-state index in [1.54, 1.807) is 0 Å². The highest BCUT2D eigenvalue weighted by atomic mass is 16.5. The van der Waals surface area contributed by atoms with E-state index in [9.17, 15) is 24.3 Å². The maximum Gasteiger partial charge on any atom is 0.326 e. The fourth-order valence-corrected chi connectivity index (χ4v) is 3.70. The van der Waals surface area contributed by atoms with Crippen LogP contribution >= 0.6 is 0 Å². The zero-order valence-corrected chi connectivity index (χ0v) is 20.9. The number of aliphatic carboxylic acids is 1. The summed E-state index contributed by atoms with van der Waals surface area (Å²) in [6, 6.07) is -1.12. The summed E-state index contributed by atoms with van der Waals surface area (Å²) in [7, 11) is 0. The molecular weight excluding hydrogens is 476 g/mol. The van der Waals surface area contributed by atoms with Crippen molar-refractivity contribution in [1.82, 2.24) is 16.0 Å². The number of ether oxygens (including phenoxy) is 3. The van der Waals surface area contributed by atoms with Crippen LogP contribution in [0.25, 0.3) is 0 Å². The summed E-state index contributed by atoms with van der Waals surface area (Å²) in [4.78, 5) is 47.4. The molecule has 7 N–H and O–H groups in total. The molecule has 0 aliphatic heterocycles. The predicted molar refractivity (Wildman–Crippen MR) is 129 cm³/mol. The highest BCUT2D eigenvalue weighted by molar-refractivity contribution is 5.85. The van der Waals surface area contributed by atoms with Crippen LogP contribution in [-0.4, -0.2) is 106 Å². The van der Waals surface area contributed by atoms with Gasteiger partial charge in [0.25, 0.3) is 0 Å². The number of carbonyl (C=O) groups is 4.